The van der Waals surface area contributed by atoms with Crippen molar-refractivity contribution in [2.75, 3.05) is 6.54 Å². The maximum atomic E-state index is 12.8. The third-order valence-electron chi connectivity index (χ3n) is 4.96. The fraction of sp³-hybridized carbons (Fsp3) is 0.318. The van der Waals surface area contributed by atoms with Crippen molar-refractivity contribution in [3.8, 4) is 0 Å². The van der Waals surface area contributed by atoms with Gasteiger partial charge in [-0.1, -0.05) is 68.4 Å². The number of imide groups is 1. The van der Waals surface area contributed by atoms with Crippen LogP contribution in [-0.4, -0.2) is 29.4 Å². The summed E-state index contributed by atoms with van der Waals surface area (Å²) in [6, 6.07) is 16.1. The van der Waals surface area contributed by atoms with Crippen molar-refractivity contribution in [2.45, 2.75) is 38.8 Å². The highest BCUT2D eigenvalue weighted by atomic mass is 16.5. The molecule has 1 aliphatic rings. The lowest BCUT2D eigenvalue weighted by Gasteiger charge is -2.21. The second-order valence-corrected chi connectivity index (χ2v) is 7.37. The van der Waals surface area contributed by atoms with Gasteiger partial charge in [0.05, 0.1) is 0 Å². The quantitative estimate of drug-likeness (QED) is 0.616. The summed E-state index contributed by atoms with van der Waals surface area (Å²) >= 11 is 0. The lowest BCUT2D eigenvalue weighted by atomic mass is 9.92. The van der Waals surface area contributed by atoms with Gasteiger partial charge in [0.2, 0.25) is 0 Å². The summed E-state index contributed by atoms with van der Waals surface area (Å²) in [5, 5.41) is 2.67. The molecule has 0 bridgehead atoms. The molecule has 2 aromatic rings. The van der Waals surface area contributed by atoms with Crippen LogP contribution in [0.3, 0.4) is 0 Å². The van der Waals surface area contributed by atoms with Crippen LogP contribution in [0.25, 0.3) is 0 Å². The van der Waals surface area contributed by atoms with Crippen LogP contribution in [0.4, 0.5) is 4.79 Å². The third kappa shape index (κ3) is 3.91. The standard InChI is InChI=1S/C22H24N2O4/c1-15(2)17-11-9-16(10-12-17)14-28-19(25)13-24-20(26)22(3,23-21(24)27)18-7-5-4-6-8-18/h4-12,15H,13-14H2,1-3H3,(H,23,27)/t22-/m1/s1. The fourth-order valence-corrected chi connectivity index (χ4v) is 3.15. The van der Waals surface area contributed by atoms with Crippen molar-refractivity contribution < 1.29 is 19.1 Å². The second-order valence-electron chi connectivity index (χ2n) is 7.37. The van der Waals surface area contributed by atoms with Crippen molar-refractivity contribution in [1.82, 2.24) is 10.2 Å². The van der Waals surface area contributed by atoms with E-state index in [-0.39, 0.29) is 6.61 Å². The average molecular weight is 380 g/mol. The lowest BCUT2D eigenvalue weighted by molar-refractivity contribution is -0.148. The van der Waals surface area contributed by atoms with Crippen LogP contribution in [0.15, 0.2) is 54.6 Å². The molecule has 2 aromatic carbocycles. The number of hydrogen-bond acceptors (Lipinski definition) is 4. The zero-order valence-corrected chi connectivity index (χ0v) is 16.3. The van der Waals surface area contributed by atoms with Gasteiger partial charge in [0.25, 0.3) is 5.91 Å². The van der Waals surface area contributed by atoms with Gasteiger partial charge in [-0.3, -0.25) is 14.5 Å². The van der Waals surface area contributed by atoms with Crippen molar-refractivity contribution in [1.29, 1.82) is 0 Å². The van der Waals surface area contributed by atoms with Crippen LogP contribution in [0, 0.1) is 0 Å². The molecule has 3 rings (SSSR count). The van der Waals surface area contributed by atoms with Crippen molar-refractivity contribution in [2.24, 2.45) is 0 Å². The molecule has 1 saturated heterocycles. The molecule has 28 heavy (non-hydrogen) atoms. The van der Waals surface area contributed by atoms with Gasteiger partial charge in [0.15, 0.2) is 0 Å². The van der Waals surface area contributed by atoms with Gasteiger partial charge in [-0.2, -0.15) is 0 Å². The number of rotatable bonds is 6. The molecule has 0 radical (unpaired) electrons. The summed E-state index contributed by atoms with van der Waals surface area (Å²) in [6.07, 6.45) is 0. The Morgan fingerprint density at radius 3 is 2.32 bits per heavy atom. The Bertz CT molecular complexity index is 877. The number of ether oxygens (including phenoxy) is 1. The van der Waals surface area contributed by atoms with E-state index >= 15 is 0 Å². The van der Waals surface area contributed by atoms with Crippen molar-refractivity contribution in [3.63, 3.8) is 0 Å². The van der Waals surface area contributed by atoms with Crippen molar-refractivity contribution >= 4 is 17.9 Å². The highest BCUT2D eigenvalue weighted by Crippen LogP contribution is 2.28. The highest BCUT2D eigenvalue weighted by molar-refractivity contribution is 6.08. The smallest absolute Gasteiger partial charge is 0.326 e. The van der Waals surface area contributed by atoms with Gasteiger partial charge >= 0.3 is 12.0 Å². The first kappa shape index (κ1) is 19.6. The second kappa shape index (κ2) is 7.84. The molecule has 0 spiro atoms. The van der Waals surface area contributed by atoms with E-state index in [2.05, 4.69) is 19.2 Å². The monoisotopic (exact) mass is 380 g/mol. The van der Waals surface area contributed by atoms with E-state index in [1.807, 2.05) is 30.3 Å². The van der Waals surface area contributed by atoms with Crippen LogP contribution in [-0.2, 0) is 26.5 Å². The molecule has 1 N–H and O–H groups in total. The molecule has 0 saturated carbocycles. The minimum Gasteiger partial charge on any atom is -0.459 e. The summed E-state index contributed by atoms with van der Waals surface area (Å²) < 4.78 is 5.25. The molecule has 1 atom stereocenters. The average Bonchev–Trinajstić information content (AvgIpc) is 2.91. The predicted octanol–water partition coefficient (Wildman–Crippen LogP) is 3.32. The molecule has 1 heterocycles. The summed E-state index contributed by atoms with van der Waals surface area (Å²) in [7, 11) is 0. The number of esters is 1. The number of benzene rings is 2. The molecule has 0 aromatic heterocycles. The number of hydrogen-bond donors (Lipinski definition) is 1. The SMILES string of the molecule is CC(C)c1ccc(COC(=O)CN2C(=O)N[C@](C)(c3ccccc3)C2=O)cc1. The Morgan fingerprint density at radius 2 is 1.71 bits per heavy atom. The number of nitrogens with zero attached hydrogens (tertiary/aromatic N) is 1. The van der Waals surface area contributed by atoms with Crippen LogP contribution < -0.4 is 5.32 Å². The van der Waals surface area contributed by atoms with E-state index in [0.717, 1.165) is 10.5 Å². The van der Waals surface area contributed by atoms with Gasteiger partial charge in [-0.15, -0.1) is 0 Å². The number of amides is 3. The van der Waals surface area contributed by atoms with Gasteiger partial charge in [-0.25, -0.2) is 4.79 Å². The molecule has 1 fully saturated rings. The number of carbonyl (C=O) groups is 3. The van der Waals surface area contributed by atoms with E-state index < -0.39 is 30.0 Å². The Kier molecular flexibility index (Phi) is 5.49. The topological polar surface area (TPSA) is 75.7 Å². The number of carbonyl (C=O) groups excluding carboxylic acids is 3. The van der Waals surface area contributed by atoms with Gasteiger partial charge < -0.3 is 10.1 Å². The predicted molar refractivity (Wildman–Crippen MR) is 104 cm³/mol. The molecular formula is C22H24N2O4. The Hall–Kier alpha value is -3.15. The van der Waals surface area contributed by atoms with Crippen LogP contribution in [0.5, 0.6) is 0 Å². The minimum absolute atomic E-state index is 0.0941. The van der Waals surface area contributed by atoms with Crippen LogP contribution in [0.2, 0.25) is 0 Å². The first-order chi connectivity index (χ1) is 13.3. The molecular weight excluding hydrogens is 356 g/mol. The third-order valence-corrected chi connectivity index (χ3v) is 4.96. The van der Waals surface area contributed by atoms with Gasteiger partial charge in [0.1, 0.15) is 18.7 Å². The molecule has 146 valence electrons. The van der Waals surface area contributed by atoms with Gasteiger partial charge in [-0.05, 0) is 29.5 Å². The van der Waals surface area contributed by atoms with E-state index in [4.69, 9.17) is 4.74 Å². The van der Waals surface area contributed by atoms with E-state index in [1.54, 1.807) is 31.2 Å². The summed E-state index contributed by atoms with van der Waals surface area (Å²) in [6.45, 7) is 5.52. The molecule has 3 amide bonds. The maximum absolute atomic E-state index is 12.8. The Balaban J connectivity index is 1.61. The van der Waals surface area contributed by atoms with E-state index in [0.29, 0.717) is 11.5 Å². The zero-order chi connectivity index (χ0) is 20.3. The molecule has 6 heteroatoms. The molecule has 1 aliphatic heterocycles. The molecule has 6 nitrogen and oxygen atoms in total. The minimum atomic E-state index is -1.19. The maximum Gasteiger partial charge on any atom is 0.326 e. The highest BCUT2D eigenvalue weighted by Gasteiger charge is 2.49. The van der Waals surface area contributed by atoms with Gasteiger partial charge in [0, 0.05) is 0 Å². The number of nitrogens with one attached hydrogen (secondary N) is 1. The zero-order valence-electron chi connectivity index (χ0n) is 16.3. The first-order valence-corrected chi connectivity index (χ1v) is 9.25. The fourth-order valence-electron chi connectivity index (χ4n) is 3.15. The largest absolute Gasteiger partial charge is 0.459 e. The Morgan fingerprint density at radius 1 is 1.07 bits per heavy atom. The molecule has 0 aliphatic carbocycles. The lowest BCUT2D eigenvalue weighted by Crippen LogP contribution is -2.41. The Labute approximate surface area is 164 Å². The number of urea groups is 1. The van der Waals surface area contributed by atoms with E-state index in [1.165, 1.54) is 5.56 Å². The first-order valence-electron chi connectivity index (χ1n) is 9.25. The summed E-state index contributed by atoms with van der Waals surface area (Å²) in [4.78, 5) is 38.1. The van der Waals surface area contributed by atoms with E-state index in [9.17, 15) is 14.4 Å². The molecule has 0 unspecified atom stereocenters. The summed E-state index contributed by atoms with van der Waals surface area (Å²) in [5.74, 6) is -0.675. The normalized spacial score (nSPS) is 19.1. The van der Waals surface area contributed by atoms with Crippen LogP contribution >= 0.6 is 0 Å². The van der Waals surface area contributed by atoms with Crippen molar-refractivity contribution in [3.05, 3.63) is 71.3 Å². The summed E-state index contributed by atoms with van der Waals surface area (Å²) in [5.41, 5.74) is 1.53. The van der Waals surface area contributed by atoms with Crippen LogP contribution in [0.1, 0.15) is 43.4 Å².